The molecule has 9 heteroatoms. The molecule has 2 aromatic rings. The number of nitrogens with one attached hydrogen (secondary N) is 3. The van der Waals surface area contributed by atoms with Gasteiger partial charge >= 0.3 is 0 Å². The maximum absolute atomic E-state index is 9.85. The fourth-order valence-electron chi connectivity index (χ4n) is 8.27. The van der Waals surface area contributed by atoms with Crippen molar-refractivity contribution in [1.82, 2.24) is 20.3 Å². The van der Waals surface area contributed by atoms with Crippen LogP contribution in [0.1, 0.15) is 68.9 Å². The predicted molar refractivity (Wildman–Crippen MR) is 149 cm³/mol. The van der Waals surface area contributed by atoms with Crippen molar-refractivity contribution >= 4 is 11.8 Å². The smallest absolute Gasteiger partial charge is 0.224 e. The van der Waals surface area contributed by atoms with Gasteiger partial charge in [0, 0.05) is 30.9 Å². The zero-order valence-corrected chi connectivity index (χ0v) is 22.9. The van der Waals surface area contributed by atoms with E-state index in [9.17, 15) is 10.4 Å². The van der Waals surface area contributed by atoms with Crippen molar-refractivity contribution in [3.63, 3.8) is 0 Å². The van der Waals surface area contributed by atoms with Crippen LogP contribution >= 0.6 is 0 Å². The van der Waals surface area contributed by atoms with Crippen LogP contribution in [-0.4, -0.2) is 52.4 Å². The van der Waals surface area contributed by atoms with Gasteiger partial charge in [-0.2, -0.15) is 10.2 Å². The molecule has 2 heterocycles. The van der Waals surface area contributed by atoms with E-state index in [0.717, 1.165) is 62.1 Å². The Labute approximate surface area is 231 Å². The van der Waals surface area contributed by atoms with Crippen LogP contribution in [0.3, 0.4) is 0 Å². The molecule has 0 aliphatic heterocycles. The van der Waals surface area contributed by atoms with Gasteiger partial charge in [-0.15, -0.1) is 0 Å². The van der Waals surface area contributed by atoms with Crippen LogP contribution in [0.25, 0.3) is 0 Å². The number of rotatable bonds is 10. The molecule has 0 amide bonds. The minimum Gasteiger partial charge on any atom is -0.481 e. The van der Waals surface area contributed by atoms with E-state index in [1.165, 1.54) is 32.1 Å². The van der Waals surface area contributed by atoms with Crippen molar-refractivity contribution in [2.75, 3.05) is 30.8 Å². The first kappa shape index (κ1) is 26.3. The molecule has 0 aromatic carbocycles. The molecule has 5 saturated carbocycles. The molecule has 5 aliphatic carbocycles. The van der Waals surface area contributed by atoms with E-state index in [0.29, 0.717) is 41.7 Å². The molecular formula is C30H41N7O2. The van der Waals surface area contributed by atoms with Crippen molar-refractivity contribution in [3.05, 3.63) is 35.7 Å². The number of hydrogen-bond donors (Lipinski definition) is 4. The van der Waals surface area contributed by atoms with Gasteiger partial charge in [0.05, 0.1) is 19.4 Å². The third-order valence-corrected chi connectivity index (χ3v) is 9.88. The van der Waals surface area contributed by atoms with E-state index in [4.69, 9.17) is 4.74 Å². The van der Waals surface area contributed by atoms with Crippen molar-refractivity contribution in [3.8, 4) is 11.9 Å². The van der Waals surface area contributed by atoms with Gasteiger partial charge in [0.2, 0.25) is 11.8 Å². The summed E-state index contributed by atoms with van der Waals surface area (Å²) in [6.45, 7) is 2.44. The lowest BCUT2D eigenvalue weighted by Crippen LogP contribution is -2.60. The van der Waals surface area contributed by atoms with Gasteiger partial charge in [0.15, 0.2) is 0 Å². The normalized spacial score (nSPS) is 32.9. The minimum absolute atomic E-state index is 0.0808. The Balaban J connectivity index is 1.08. The summed E-state index contributed by atoms with van der Waals surface area (Å²) in [5.41, 5.74) is 1.67. The molecule has 5 aliphatic rings. The van der Waals surface area contributed by atoms with Crippen LogP contribution in [0, 0.1) is 40.4 Å². The average Bonchev–Trinajstić information content (AvgIpc) is 2.95. The van der Waals surface area contributed by atoms with E-state index >= 15 is 0 Å². The number of hydrogen-bond acceptors (Lipinski definition) is 9. The van der Waals surface area contributed by atoms with Crippen molar-refractivity contribution in [1.29, 1.82) is 5.26 Å². The van der Waals surface area contributed by atoms with E-state index in [1.807, 2.05) is 12.1 Å². The Kier molecular flexibility index (Phi) is 7.59. The number of nitriles is 1. The highest BCUT2D eigenvalue weighted by atomic mass is 16.5. The number of aromatic nitrogens is 3. The summed E-state index contributed by atoms with van der Waals surface area (Å²) in [6, 6.07) is 6.72. The Bertz CT molecular complexity index is 1180. The first-order valence-electron chi connectivity index (χ1n) is 14.7. The molecule has 39 heavy (non-hydrogen) atoms. The Morgan fingerprint density at radius 1 is 1.10 bits per heavy atom. The zero-order valence-electron chi connectivity index (χ0n) is 22.9. The van der Waals surface area contributed by atoms with Crippen molar-refractivity contribution < 1.29 is 9.84 Å². The zero-order chi connectivity index (χ0) is 26.8. The minimum atomic E-state index is -0.0808. The quantitative estimate of drug-likeness (QED) is 0.358. The summed E-state index contributed by atoms with van der Waals surface area (Å²) in [4.78, 5) is 13.3. The number of ether oxygens (including phenoxy) is 1. The molecule has 1 unspecified atom stereocenters. The molecule has 0 radical (unpaired) electrons. The van der Waals surface area contributed by atoms with Crippen LogP contribution in [0.2, 0.25) is 0 Å². The van der Waals surface area contributed by atoms with Gasteiger partial charge in [0.25, 0.3) is 0 Å². The van der Waals surface area contributed by atoms with E-state index in [-0.39, 0.29) is 11.5 Å². The number of methoxy groups -OCH3 is 1. The molecule has 4 N–H and O–H groups in total. The first-order valence-corrected chi connectivity index (χ1v) is 14.7. The Morgan fingerprint density at radius 3 is 2.64 bits per heavy atom. The third-order valence-electron chi connectivity index (χ3n) is 9.88. The number of aliphatic hydroxyl groups is 1. The Morgan fingerprint density at radius 2 is 1.90 bits per heavy atom. The monoisotopic (exact) mass is 531 g/mol. The lowest BCUT2D eigenvalue weighted by atomic mass is 9.48. The van der Waals surface area contributed by atoms with Gasteiger partial charge < -0.3 is 25.8 Å². The fourth-order valence-corrected chi connectivity index (χ4v) is 8.27. The highest BCUT2D eigenvalue weighted by molar-refractivity contribution is 5.53. The third kappa shape index (κ3) is 5.68. The number of nitrogens with zero attached hydrogens (tertiary/aromatic N) is 4. The van der Waals surface area contributed by atoms with Gasteiger partial charge in [-0.25, -0.2) is 9.97 Å². The summed E-state index contributed by atoms with van der Waals surface area (Å²) in [5, 5.41) is 30.4. The second kappa shape index (κ2) is 11.3. The van der Waals surface area contributed by atoms with Crippen LogP contribution in [0.5, 0.6) is 5.88 Å². The summed E-state index contributed by atoms with van der Waals surface area (Å²) in [7, 11) is 1.61. The fraction of sp³-hybridized carbons (Fsp3) is 0.667. The first-order chi connectivity index (χ1) is 19.0. The maximum atomic E-state index is 9.85. The number of pyridine rings is 1. The molecule has 7 rings (SSSR count). The van der Waals surface area contributed by atoms with E-state index < -0.39 is 0 Å². The topological polar surface area (TPSA) is 128 Å². The largest absolute Gasteiger partial charge is 0.481 e. The van der Waals surface area contributed by atoms with Crippen LogP contribution in [0.15, 0.2) is 24.5 Å². The van der Waals surface area contributed by atoms with Crippen molar-refractivity contribution in [2.24, 2.45) is 29.1 Å². The van der Waals surface area contributed by atoms with Gasteiger partial charge in [-0.3, -0.25) is 0 Å². The molecule has 0 spiro atoms. The molecule has 5 fully saturated rings. The number of aliphatic hydroxyl groups excluding tert-OH is 1. The van der Waals surface area contributed by atoms with E-state index in [1.54, 1.807) is 19.5 Å². The predicted octanol–water partition coefficient (Wildman–Crippen LogP) is 4.11. The lowest BCUT2D eigenvalue weighted by Gasteiger charge is -2.60. The summed E-state index contributed by atoms with van der Waals surface area (Å²) in [6.07, 6.45) is 13.9. The Hall–Kier alpha value is -2.96. The van der Waals surface area contributed by atoms with Crippen LogP contribution in [-0.2, 0) is 6.54 Å². The molecule has 5 atom stereocenters. The molecule has 208 valence electrons. The van der Waals surface area contributed by atoms with Crippen LogP contribution < -0.4 is 20.7 Å². The summed E-state index contributed by atoms with van der Waals surface area (Å²) < 4.78 is 5.35. The molecule has 2 aromatic heterocycles. The second-order valence-corrected chi connectivity index (χ2v) is 12.5. The number of anilines is 2. The standard InChI is InChI=1S/C30H41N7O2/c1-39-28-21(3-2-8-32-28)16-34-29-35-17-24(14-31)27(37-29)36-18-30-11-20-9-22(12-30)26(23(10-20)13-30)33-15-19-4-6-25(38)7-5-19/h2-3,8,17,19-20,22-23,25-26,33,38H,4-7,9-13,15-16,18H2,1H3,(H2,34,35,36,37)/t19-,20?,22-,23+,25+,26-,30-. The lowest BCUT2D eigenvalue weighted by molar-refractivity contribution is -0.0704. The van der Waals surface area contributed by atoms with Gasteiger partial charge in [-0.05, 0) is 99.5 Å². The maximum Gasteiger partial charge on any atom is 0.224 e. The molecule has 9 nitrogen and oxygen atoms in total. The van der Waals surface area contributed by atoms with E-state index in [2.05, 4.69) is 37.0 Å². The second-order valence-electron chi connectivity index (χ2n) is 12.5. The highest BCUT2D eigenvalue weighted by Crippen LogP contribution is 2.60. The molecule has 4 bridgehead atoms. The SMILES string of the molecule is COc1ncccc1CNc1ncc(C#N)c(NC[C@]23CC4C[C@H](C2)[C@@H](NC[C@H]2CC[C@@H](O)CC2)[C@@H](C4)C3)n1. The van der Waals surface area contributed by atoms with Crippen molar-refractivity contribution in [2.45, 2.75) is 76.5 Å². The van der Waals surface area contributed by atoms with Crippen LogP contribution in [0.4, 0.5) is 11.8 Å². The summed E-state index contributed by atoms with van der Waals surface area (Å²) >= 11 is 0. The molecular weight excluding hydrogens is 490 g/mol. The highest BCUT2D eigenvalue weighted by Gasteiger charge is 2.55. The van der Waals surface area contributed by atoms with Gasteiger partial charge in [-0.1, -0.05) is 6.07 Å². The average molecular weight is 532 g/mol. The van der Waals surface area contributed by atoms with Gasteiger partial charge in [0.1, 0.15) is 17.5 Å². The molecule has 0 saturated heterocycles. The summed E-state index contributed by atoms with van der Waals surface area (Å²) in [5.74, 6) is 4.67.